The maximum Gasteiger partial charge on any atom is 0.224 e. The molecule has 0 radical (unpaired) electrons. The van der Waals surface area contributed by atoms with E-state index < -0.39 is 0 Å². The maximum atomic E-state index is 12.6. The standard InChI is InChI=1S/C20H16N2O2/c1-13-9-14(2)18(23)19(15(3)10-13)24-20(17(11-21)12-22)16-7-5-4-6-8-16/h4-10H,1-3H3. The van der Waals surface area contributed by atoms with Crippen molar-refractivity contribution >= 4 is 5.76 Å². The third-order valence-corrected chi connectivity index (χ3v) is 3.50. The molecule has 0 fully saturated rings. The van der Waals surface area contributed by atoms with Crippen molar-refractivity contribution < 1.29 is 4.74 Å². The number of benzene rings is 1. The van der Waals surface area contributed by atoms with Crippen molar-refractivity contribution in [2.45, 2.75) is 20.8 Å². The molecule has 0 atom stereocenters. The quantitative estimate of drug-likeness (QED) is 0.637. The van der Waals surface area contributed by atoms with E-state index in [9.17, 15) is 15.3 Å². The van der Waals surface area contributed by atoms with Crippen molar-refractivity contribution in [3.05, 3.63) is 80.5 Å². The Labute approximate surface area is 140 Å². The lowest BCUT2D eigenvalue weighted by Gasteiger charge is -2.11. The fourth-order valence-electron chi connectivity index (χ4n) is 2.41. The number of aryl methyl sites for hydroxylation is 3. The van der Waals surface area contributed by atoms with Gasteiger partial charge in [0.1, 0.15) is 12.1 Å². The van der Waals surface area contributed by atoms with Crippen molar-refractivity contribution in [3.8, 4) is 17.9 Å². The SMILES string of the molecule is Cc1cc(C)c(OC(=C(C#N)C#N)c2ccccc2)c(=O)c(C)c1. The Morgan fingerprint density at radius 1 is 0.958 bits per heavy atom. The van der Waals surface area contributed by atoms with Crippen LogP contribution in [0, 0.1) is 43.4 Å². The first-order valence-corrected chi connectivity index (χ1v) is 7.37. The summed E-state index contributed by atoms with van der Waals surface area (Å²) in [6.45, 7) is 5.38. The van der Waals surface area contributed by atoms with Gasteiger partial charge in [-0.15, -0.1) is 0 Å². The van der Waals surface area contributed by atoms with Crippen LogP contribution in [0.3, 0.4) is 0 Å². The Morgan fingerprint density at radius 3 is 2.12 bits per heavy atom. The molecule has 118 valence electrons. The molecule has 4 nitrogen and oxygen atoms in total. The van der Waals surface area contributed by atoms with Crippen molar-refractivity contribution in [1.29, 1.82) is 10.5 Å². The molecule has 0 saturated heterocycles. The number of nitriles is 2. The summed E-state index contributed by atoms with van der Waals surface area (Å²) in [5.41, 5.74) is 2.25. The van der Waals surface area contributed by atoms with E-state index in [1.165, 1.54) is 0 Å². The fourth-order valence-corrected chi connectivity index (χ4v) is 2.41. The minimum Gasteiger partial charge on any atom is -0.450 e. The second kappa shape index (κ2) is 7.26. The summed E-state index contributed by atoms with van der Waals surface area (Å²) < 4.78 is 5.82. The second-order valence-corrected chi connectivity index (χ2v) is 5.45. The van der Waals surface area contributed by atoms with Gasteiger partial charge in [0.05, 0.1) is 0 Å². The number of rotatable bonds is 3. The van der Waals surface area contributed by atoms with Crippen LogP contribution < -0.4 is 10.2 Å². The molecule has 0 bridgehead atoms. The van der Waals surface area contributed by atoms with Crippen LogP contribution in [-0.2, 0) is 0 Å². The molecule has 2 aromatic carbocycles. The number of nitrogens with zero attached hydrogens (tertiary/aromatic N) is 2. The maximum absolute atomic E-state index is 12.6. The van der Waals surface area contributed by atoms with E-state index in [-0.39, 0.29) is 22.5 Å². The van der Waals surface area contributed by atoms with Gasteiger partial charge in [-0.05, 0) is 26.3 Å². The van der Waals surface area contributed by atoms with Gasteiger partial charge in [0.2, 0.25) is 5.43 Å². The lowest BCUT2D eigenvalue weighted by molar-refractivity contribution is 0.504. The van der Waals surface area contributed by atoms with Gasteiger partial charge in [-0.1, -0.05) is 48.0 Å². The fraction of sp³-hybridized carbons (Fsp3) is 0.150. The monoisotopic (exact) mass is 316 g/mol. The van der Waals surface area contributed by atoms with Crippen molar-refractivity contribution in [2.24, 2.45) is 0 Å². The Hall–Kier alpha value is -3.37. The molecule has 0 saturated carbocycles. The summed E-state index contributed by atoms with van der Waals surface area (Å²) in [6.07, 6.45) is 0. The highest BCUT2D eigenvalue weighted by molar-refractivity contribution is 5.72. The first-order chi connectivity index (χ1) is 11.5. The highest BCUT2D eigenvalue weighted by Crippen LogP contribution is 2.24. The molecule has 4 heteroatoms. The number of hydrogen-bond acceptors (Lipinski definition) is 4. The first kappa shape index (κ1) is 17.0. The zero-order valence-corrected chi connectivity index (χ0v) is 13.8. The molecule has 0 aliphatic rings. The van der Waals surface area contributed by atoms with Crippen LogP contribution in [0.5, 0.6) is 5.75 Å². The minimum atomic E-state index is -0.260. The molecule has 2 aromatic rings. The highest BCUT2D eigenvalue weighted by Gasteiger charge is 2.16. The van der Waals surface area contributed by atoms with Crippen LogP contribution in [0.25, 0.3) is 5.76 Å². The first-order valence-electron chi connectivity index (χ1n) is 7.37. The molecular weight excluding hydrogens is 300 g/mol. The summed E-state index contributed by atoms with van der Waals surface area (Å²) >= 11 is 0. The second-order valence-electron chi connectivity index (χ2n) is 5.45. The third-order valence-electron chi connectivity index (χ3n) is 3.50. The van der Waals surface area contributed by atoms with Crippen LogP contribution in [0.4, 0.5) is 0 Å². The molecular formula is C20H16N2O2. The number of ether oxygens (including phenoxy) is 1. The van der Waals surface area contributed by atoms with Crippen molar-refractivity contribution in [1.82, 2.24) is 0 Å². The van der Waals surface area contributed by atoms with Crippen molar-refractivity contribution in [3.63, 3.8) is 0 Å². The van der Waals surface area contributed by atoms with Gasteiger partial charge in [-0.2, -0.15) is 10.5 Å². The normalized spacial score (nSPS) is 9.54. The molecule has 0 unspecified atom stereocenters. The van der Waals surface area contributed by atoms with Crippen molar-refractivity contribution in [2.75, 3.05) is 0 Å². The van der Waals surface area contributed by atoms with Gasteiger partial charge in [-0.3, -0.25) is 4.79 Å². The van der Waals surface area contributed by atoms with E-state index in [0.29, 0.717) is 16.7 Å². The molecule has 0 amide bonds. The summed E-state index contributed by atoms with van der Waals surface area (Å²) in [5.74, 6) is 0.214. The smallest absolute Gasteiger partial charge is 0.224 e. The Balaban J connectivity index is 2.72. The predicted molar refractivity (Wildman–Crippen MR) is 92.1 cm³/mol. The zero-order valence-electron chi connectivity index (χ0n) is 13.8. The summed E-state index contributed by atoms with van der Waals surface area (Å²) in [4.78, 5) is 12.6. The average molecular weight is 316 g/mol. The van der Waals surface area contributed by atoms with E-state index >= 15 is 0 Å². The van der Waals surface area contributed by atoms with E-state index in [0.717, 1.165) is 5.56 Å². The van der Waals surface area contributed by atoms with Gasteiger partial charge in [-0.25, -0.2) is 0 Å². The van der Waals surface area contributed by atoms with Gasteiger partial charge >= 0.3 is 0 Å². The molecule has 0 N–H and O–H groups in total. The van der Waals surface area contributed by atoms with E-state index in [2.05, 4.69) is 0 Å². The third kappa shape index (κ3) is 3.51. The number of allylic oxidation sites excluding steroid dienone is 1. The largest absolute Gasteiger partial charge is 0.450 e. The predicted octanol–water partition coefficient (Wildman–Crippen LogP) is 3.81. The van der Waals surface area contributed by atoms with Crippen LogP contribution in [0.15, 0.2) is 52.8 Å². The summed E-state index contributed by atoms with van der Waals surface area (Å²) in [6, 6.07) is 16.1. The zero-order chi connectivity index (χ0) is 17.7. The minimum absolute atomic E-state index is 0.0871. The van der Waals surface area contributed by atoms with Crippen LogP contribution in [-0.4, -0.2) is 0 Å². The van der Waals surface area contributed by atoms with E-state index in [1.54, 1.807) is 44.2 Å². The van der Waals surface area contributed by atoms with Crippen LogP contribution in [0.2, 0.25) is 0 Å². The average Bonchev–Trinajstić information content (AvgIpc) is 2.66. The molecule has 0 aromatic heterocycles. The molecule has 0 heterocycles. The Bertz CT molecular complexity index is 930. The molecule has 2 rings (SSSR count). The van der Waals surface area contributed by atoms with E-state index in [4.69, 9.17) is 4.74 Å². The molecule has 0 aliphatic heterocycles. The topological polar surface area (TPSA) is 73.9 Å². The lowest BCUT2D eigenvalue weighted by atomic mass is 10.1. The van der Waals surface area contributed by atoms with Crippen LogP contribution in [0.1, 0.15) is 22.3 Å². The van der Waals surface area contributed by atoms with Crippen LogP contribution >= 0.6 is 0 Å². The van der Waals surface area contributed by atoms with Gasteiger partial charge < -0.3 is 4.74 Å². The van der Waals surface area contributed by atoms with Gasteiger partial charge in [0.25, 0.3) is 0 Å². The van der Waals surface area contributed by atoms with Gasteiger partial charge in [0, 0.05) is 11.1 Å². The summed E-state index contributed by atoms with van der Waals surface area (Å²) in [5, 5.41) is 18.5. The molecule has 24 heavy (non-hydrogen) atoms. The Kier molecular flexibility index (Phi) is 5.14. The van der Waals surface area contributed by atoms with Gasteiger partial charge in [0.15, 0.2) is 17.1 Å². The summed E-state index contributed by atoms with van der Waals surface area (Å²) in [7, 11) is 0. The molecule has 0 aliphatic carbocycles. The lowest BCUT2D eigenvalue weighted by Crippen LogP contribution is -2.10. The Morgan fingerprint density at radius 2 is 1.54 bits per heavy atom. The molecule has 0 spiro atoms. The number of hydrogen-bond donors (Lipinski definition) is 0. The highest BCUT2D eigenvalue weighted by atomic mass is 16.5. The van der Waals surface area contributed by atoms with E-state index in [1.807, 2.05) is 31.2 Å².